The summed E-state index contributed by atoms with van der Waals surface area (Å²) < 4.78 is 63.1. The van der Waals surface area contributed by atoms with Crippen molar-refractivity contribution < 1.29 is 72.7 Å². The number of hydrogen-bond donors (Lipinski definition) is 0. The Hall–Kier alpha value is 0.131. The largest absolute Gasteiger partial charge is 1.00 e. The standard InChI is InChI=1S/C8H7BF3N2O2S.K/c10-9(11,12)5-14-6-13-17(15,16)8-4-2-1-3-7(8)14;/h1-4,6H,5H2;/q-1;+1. The van der Waals surface area contributed by atoms with E-state index in [0.717, 1.165) is 4.90 Å². The van der Waals surface area contributed by atoms with Crippen LogP contribution in [0.15, 0.2) is 33.6 Å². The van der Waals surface area contributed by atoms with Crippen LogP contribution in [0.5, 0.6) is 0 Å². The molecule has 0 unspecified atom stereocenters. The molecule has 0 aliphatic carbocycles. The molecule has 1 aliphatic heterocycles. The van der Waals surface area contributed by atoms with Gasteiger partial charge < -0.3 is 17.8 Å². The summed E-state index contributed by atoms with van der Waals surface area (Å²) in [4.78, 5) is 0.582. The van der Waals surface area contributed by atoms with Gasteiger partial charge in [0.05, 0.1) is 5.69 Å². The Morgan fingerprint density at radius 1 is 1.22 bits per heavy atom. The number of fused-ring (bicyclic) bond motifs is 1. The first kappa shape index (κ1) is 16.2. The number of rotatable bonds is 2. The summed E-state index contributed by atoms with van der Waals surface area (Å²) in [7, 11) is -3.86. The average molecular weight is 302 g/mol. The minimum Gasteiger partial charge on any atom is -0.448 e. The molecule has 0 bridgehead atoms. The van der Waals surface area contributed by atoms with Crippen molar-refractivity contribution in [2.45, 2.75) is 4.90 Å². The molecule has 1 heterocycles. The van der Waals surface area contributed by atoms with Gasteiger partial charge in [0, 0.05) is 0 Å². The average Bonchev–Trinajstić information content (AvgIpc) is 2.21. The summed E-state index contributed by atoms with van der Waals surface area (Å²) in [6, 6.07) is 5.47. The fourth-order valence-corrected chi connectivity index (χ4v) is 2.57. The molecule has 1 aromatic carbocycles. The van der Waals surface area contributed by atoms with Crippen LogP contribution in [0.4, 0.5) is 18.6 Å². The van der Waals surface area contributed by atoms with Crippen LogP contribution in [0.25, 0.3) is 0 Å². The van der Waals surface area contributed by atoms with Crippen molar-refractivity contribution in [1.29, 1.82) is 0 Å². The first-order chi connectivity index (χ1) is 7.80. The molecule has 1 aromatic rings. The maximum absolute atomic E-state index is 12.3. The summed E-state index contributed by atoms with van der Waals surface area (Å²) in [6.45, 7) is -5.06. The van der Waals surface area contributed by atoms with E-state index in [9.17, 15) is 21.4 Å². The van der Waals surface area contributed by atoms with Gasteiger partial charge in [0.1, 0.15) is 11.2 Å². The van der Waals surface area contributed by atoms with E-state index in [2.05, 4.69) is 4.40 Å². The molecule has 4 nitrogen and oxygen atoms in total. The van der Waals surface area contributed by atoms with Crippen molar-refractivity contribution in [3.8, 4) is 0 Å². The van der Waals surface area contributed by atoms with E-state index in [0.29, 0.717) is 6.34 Å². The van der Waals surface area contributed by atoms with Crippen molar-refractivity contribution in [2.24, 2.45) is 4.40 Å². The third-order valence-corrected chi connectivity index (χ3v) is 3.45. The number of para-hydroxylation sites is 1. The predicted octanol–water partition coefficient (Wildman–Crippen LogP) is -1.39. The molecule has 10 heteroatoms. The van der Waals surface area contributed by atoms with Crippen molar-refractivity contribution in [3.05, 3.63) is 24.3 Å². The molecule has 0 saturated carbocycles. The minimum atomic E-state index is -5.06. The number of anilines is 1. The summed E-state index contributed by atoms with van der Waals surface area (Å²) in [5, 5.41) is 0. The zero-order chi connectivity index (χ0) is 12.7. The second-order valence-corrected chi connectivity index (χ2v) is 5.13. The molecule has 2 rings (SSSR count). The Morgan fingerprint density at radius 2 is 1.83 bits per heavy atom. The third-order valence-electron chi connectivity index (χ3n) is 2.18. The third kappa shape index (κ3) is 3.58. The minimum absolute atomic E-state index is 0. The van der Waals surface area contributed by atoms with Gasteiger partial charge in [-0.05, 0) is 18.6 Å². The molecular weight excluding hydrogens is 295 g/mol. The van der Waals surface area contributed by atoms with Crippen LogP contribution in [0.3, 0.4) is 0 Å². The molecule has 0 aromatic heterocycles. The van der Waals surface area contributed by atoms with Gasteiger partial charge in [0.25, 0.3) is 10.0 Å². The van der Waals surface area contributed by atoms with E-state index in [1.165, 1.54) is 24.3 Å². The zero-order valence-electron chi connectivity index (χ0n) is 9.42. The Labute approximate surface area is 145 Å². The molecule has 0 atom stereocenters. The van der Waals surface area contributed by atoms with Crippen LogP contribution in [-0.2, 0) is 10.0 Å². The van der Waals surface area contributed by atoms with E-state index in [1.807, 2.05) is 0 Å². The fourth-order valence-electron chi connectivity index (χ4n) is 1.52. The summed E-state index contributed by atoms with van der Waals surface area (Å²) >= 11 is 0. The molecule has 0 radical (unpaired) electrons. The van der Waals surface area contributed by atoms with Crippen LogP contribution in [0.2, 0.25) is 0 Å². The number of nitrogens with zero attached hydrogens (tertiary/aromatic N) is 2. The number of sulfonamides is 1. The molecular formula is C8H7BF3KN2O2S. The first-order valence-corrected chi connectivity index (χ1v) is 6.11. The second-order valence-electron chi connectivity index (χ2n) is 3.53. The first-order valence-electron chi connectivity index (χ1n) is 4.67. The van der Waals surface area contributed by atoms with Crippen molar-refractivity contribution in [2.75, 3.05) is 11.3 Å². The van der Waals surface area contributed by atoms with E-state index in [4.69, 9.17) is 0 Å². The van der Waals surface area contributed by atoms with Crippen molar-refractivity contribution in [1.82, 2.24) is 0 Å². The van der Waals surface area contributed by atoms with Crippen molar-refractivity contribution >= 4 is 29.0 Å². The molecule has 0 spiro atoms. The van der Waals surface area contributed by atoms with Gasteiger partial charge in [-0.15, -0.1) is 4.40 Å². The van der Waals surface area contributed by atoms with E-state index in [1.54, 1.807) is 0 Å². The van der Waals surface area contributed by atoms with Gasteiger partial charge in [0.15, 0.2) is 0 Å². The smallest absolute Gasteiger partial charge is 0.448 e. The molecule has 0 saturated heterocycles. The normalized spacial score (nSPS) is 16.9. The zero-order valence-corrected chi connectivity index (χ0v) is 13.4. The number of hydrogen-bond acceptors (Lipinski definition) is 3. The Morgan fingerprint density at radius 3 is 2.44 bits per heavy atom. The van der Waals surface area contributed by atoms with E-state index < -0.39 is 23.4 Å². The van der Waals surface area contributed by atoms with Gasteiger partial charge >= 0.3 is 58.4 Å². The van der Waals surface area contributed by atoms with Crippen LogP contribution in [0, 0.1) is 0 Å². The van der Waals surface area contributed by atoms with Crippen LogP contribution in [0.1, 0.15) is 0 Å². The fraction of sp³-hybridized carbons (Fsp3) is 0.125. The van der Waals surface area contributed by atoms with Gasteiger partial charge in [-0.25, -0.2) is 0 Å². The Balaban J connectivity index is 0.00000162. The van der Waals surface area contributed by atoms with Crippen LogP contribution < -0.4 is 56.3 Å². The van der Waals surface area contributed by atoms with Crippen molar-refractivity contribution in [3.63, 3.8) is 0 Å². The maximum atomic E-state index is 12.3. The monoisotopic (exact) mass is 302 g/mol. The number of benzene rings is 1. The molecule has 0 N–H and O–H groups in total. The molecule has 1 aliphatic rings. The summed E-state index contributed by atoms with van der Waals surface area (Å²) in [6.07, 6.45) is -0.511. The SMILES string of the molecule is O=S1(=O)N=CN(C[B-](F)(F)F)c2ccccc21.[K+]. The molecule has 0 amide bonds. The quantitative estimate of drug-likeness (QED) is 0.632. The van der Waals surface area contributed by atoms with Gasteiger partial charge in [-0.2, -0.15) is 8.42 Å². The maximum Gasteiger partial charge on any atom is 1.00 e. The van der Waals surface area contributed by atoms with Crippen LogP contribution in [-0.4, -0.2) is 28.2 Å². The molecule has 0 fully saturated rings. The van der Waals surface area contributed by atoms with Gasteiger partial charge in [0.2, 0.25) is 0 Å². The molecule has 92 valence electrons. The second kappa shape index (κ2) is 5.63. The Kier molecular flexibility index (Phi) is 5.07. The van der Waals surface area contributed by atoms with E-state index >= 15 is 0 Å². The van der Waals surface area contributed by atoms with Crippen LogP contribution >= 0.6 is 0 Å². The van der Waals surface area contributed by atoms with Gasteiger partial charge in [-0.3, -0.25) is 0 Å². The Bertz CT molecular complexity index is 576. The van der Waals surface area contributed by atoms with Gasteiger partial charge in [-0.1, -0.05) is 12.1 Å². The number of halogens is 3. The molecule has 18 heavy (non-hydrogen) atoms. The summed E-state index contributed by atoms with van der Waals surface area (Å²) in [5.74, 6) is 0. The topological polar surface area (TPSA) is 49.7 Å². The summed E-state index contributed by atoms with van der Waals surface area (Å²) in [5.41, 5.74) is 0.00157. The predicted molar refractivity (Wildman–Crippen MR) is 58.5 cm³/mol. The van der Waals surface area contributed by atoms with E-state index in [-0.39, 0.29) is 62.0 Å².